The van der Waals surface area contributed by atoms with Crippen LogP contribution in [0, 0.1) is 5.92 Å². The molecule has 128 valence electrons. The lowest BCUT2D eigenvalue weighted by atomic mass is 9.97. The van der Waals surface area contributed by atoms with Crippen molar-refractivity contribution in [2.45, 2.75) is 26.2 Å². The number of carbonyl (C=O) groups excluding carboxylic acids is 3. The highest BCUT2D eigenvalue weighted by Gasteiger charge is 2.30. The first-order chi connectivity index (χ1) is 11.4. The number of amides is 3. The van der Waals surface area contributed by atoms with Crippen LogP contribution in [0.25, 0.3) is 0 Å². The number of aliphatic carboxylic acids is 1. The van der Waals surface area contributed by atoms with E-state index >= 15 is 0 Å². The molecule has 1 fully saturated rings. The summed E-state index contributed by atoms with van der Waals surface area (Å²) in [6.45, 7) is 2.39. The second-order valence-corrected chi connectivity index (χ2v) is 5.74. The van der Waals surface area contributed by atoms with Crippen molar-refractivity contribution in [1.82, 2.24) is 10.2 Å². The number of benzene rings is 1. The lowest BCUT2D eigenvalue weighted by Crippen LogP contribution is -2.32. The van der Waals surface area contributed by atoms with Gasteiger partial charge in [0.15, 0.2) is 0 Å². The third kappa shape index (κ3) is 4.41. The summed E-state index contributed by atoms with van der Waals surface area (Å²) in [7, 11) is 0. The average molecular weight is 332 g/mol. The molecule has 2 rings (SSSR count). The van der Waals surface area contributed by atoms with E-state index in [0.29, 0.717) is 18.5 Å². The fourth-order valence-corrected chi connectivity index (χ4v) is 2.66. The van der Waals surface area contributed by atoms with Gasteiger partial charge in [0.05, 0.1) is 12.3 Å². The zero-order valence-electron chi connectivity index (χ0n) is 13.4. The Morgan fingerprint density at radius 2 is 1.92 bits per heavy atom. The Balaban J connectivity index is 2.00. The summed E-state index contributed by atoms with van der Waals surface area (Å²) in [5.74, 6) is -2.04. The second kappa shape index (κ2) is 7.72. The van der Waals surface area contributed by atoms with Crippen molar-refractivity contribution in [3.05, 3.63) is 35.4 Å². The SMILES string of the molecule is CCN(CCC(=O)O)C(=O)c1ccc(CC2CC(=O)NC2=O)cc1. The van der Waals surface area contributed by atoms with Crippen molar-refractivity contribution in [2.24, 2.45) is 5.92 Å². The monoisotopic (exact) mass is 332 g/mol. The first kappa shape index (κ1) is 17.7. The van der Waals surface area contributed by atoms with E-state index in [0.717, 1.165) is 5.56 Å². The largest absolute Gasteiger partial charge is 0.481 e. The lowest BCUT2D eigenvalue weighted by Gasteiger charge is -2.20. The van der Waals surface area contributed by atoms with Gasteiger partial charge in [0.2, 0.25) is 11.8 Å². The highest BCUT2D eigenvalue weighted by atomic mass is 16.4. The maximum atomic E-state index is 12.4. The van der Waals surface area contributed by atoms with Crippen LogP contribution in [0.5, 0.6) is 0 Å². The summed E-state index contributed by atoms with van der Waals surface area (Å²) in [4.78, 5) is 47.3. The number of hydrogen-bond acceptors (Lipinski definition) is 4. The summed E-state index contributed by atoms with van der Waals surface area (Å²) in [5, 5.41) is 11.0. The molecule has 1 aromatic carbocycles. The van der Waals surface area contributed by atoms with Gasteiger partial charge in [-0.3, -0.25) is 24.5 Å². The minimum atomic E-state index is -0.944. The van der Waals surface area contributed by atoms with Crippen molar-refractivity contribution >= 4 is 23.7 Å². The number of carboxylic acids is 1. The molecule has 24 heavy (non-hydrogen) atoms. The summed E-state index contributed by atoms with van der Waals surface area (Å²) in [6.07, 6.45) is 0.545. The molecule has 0 saturated carbocycles. The van der Waals surface area contributed by atoms with Crippen LogP contribution in [0.3, 0.4) is 0 Å². The van der Waals surface area contributed by atoms with Gasteiger partial charge < -0.3 is 10.0 Å². The topological polar surface area (TPSA) is 104 Å². The van der Waals surface area contributed by atoms with E-state index in [-0.39, 0.29) is 43.0 Å². The molecule has 7 nitrogen and oxygen atoms in total. The predicted molar refractivity (Wildman–Crippen MR) is 85.2 cm³/mol. The number of rotatable bonds is 7. The number of carboxylic acid groups (broad SMARTS) is 1. The number of hydrogen-bond donors (Lipinski definition) is 2. The van der Waals surface area contributed by atoms with Crippen LogP contribution < -0.4 is 5.32 Å². The number of carbonyl (C=O) groups is 4. The molecule has 0 radical (unpaired) electrons. The van der Waals surface area contributed by atoms with Crippen LogP contribution in [-0.2, 0) is 20.8 Å². The highest BCUT2D eigenvalue weighted by Crippen LogP contribution is 2.18. The molecule has 3 amide bonds. The Hall–Kier alpha value is -2.70. The van der Waals surface area contributed by atoms with Crippen molar-refractivity contribution in [3.8, 4) is 0 Å². The van der Waals surface area contributed by atoms with Crippen LogP contribution >= 0.6 is 0 Å². The molecular weight excluding hydrogens is 312 g/mol. The molecule has 0 spiro atoms. The van der Waals surface area contributed by atoms with Gasteiger partial charge in [-0.1, -0.05) is 12.1 Å². The van der Waals surface area contributed by atoms with E-state index in [1.807, 2.05) is 0 Å². The van der Waals surface area contributed by atoms with E-state index in [1.165, 1.54) is 4.90 Å². The quantitative estimate of drug-likeness (QED) is 0.720. The normalized spacial score (nSPS) is 16.8. The molecule has 1 saturated heterocycles. The number of nitrogens with one attached hydrogen (secondary N) is 1. The zero-order valence-corrected chi connectivity index (χ0v) is 13.4. The predicted octanol–water partition coefficient (Wildman–Crippen LogP) is 0.829. The zero-order chi connectivity index (χ0) is 17.7. The fourth-order valence-electron chi connectivity index (χ4n) is 2.66. The van der Waals surface area contributed by atoms with Crippen molar-refractivity contribution in [1.29, 1.82) is 0 Å². The van der Waals surface area contributed by atoms with Crippen LogP contribution in [0.1, 0.15) is 35.7 Å². The van der Waals surface area contributed by atoms with E-state index in [2.05, 4.69) is 5.32 Å². The van der Waals surface area contributed by atoms with Gasteiger partial charge in [0, 0.05) is 25.1 Å². The molecular formula is C17H20N2O5. The van der Waals surface area contributed by atoms with Crippen LogP contribution in [0.4, 0.5) is 0 Å². The molecule has 2 N–H and O–H groups in total. The van der Waals surface area contributed by atoms with Crippen LogP contribution in [0.15, 0.2) is 24.3 Å². The lowest BCUT2D eigenvalue weighted by molar-refractivity contribution is -0.137. The molecule has 1 heterocycles. The second-order valence-electron chi connectivity index (χ2n) is 5.74. The summed E-state index contributed by atoms with van der Waals surface area (Å²) >= 11 is 0. The Morgan fingerprint density at radius 3 is 2.42 bits per heavy atom. The van der Waals surface area contributed by atoms with E-state index < -0.39 is 5.97 Å². The molecule has 1 aliphatic heterocycles. The van der Waals surface area contributed by atoms with E-state index in [4.69, 9.17) is 5.11 Å². The average Bonchev–Trinajstić information content (AvgIpc) is 2.85. The molecule has 1 aliphatic rings. The molecule has 0 aliphatic carbocycles. The highest BCUT2D eigenvalue weighted by molar-refractivity contribution is 6.03. The van der Waals surface area contributed by atoms with Crippen LogP contribution in [-0.4, -0.2) is 46.8 Å². The Bertz CT molecular complexity index is 653. The first-order valence-corrected chi connectivity index (χ1v) is 7.84. The van der Waals surface area contributed by atoms with Crippen molar-refractivity contribution in [2.75, 3.05) is 13.1 Å². The molecule has 7 heteroatoms. The maximum absolute atomic E-state index is 12.4. The fraction of sp³-hybridized carbons (Fsp3) is 0.412. The van der Waals surface area contributed by atoms with Crippen LogP contribution in [0.2, 0.25) is 0 Å². The smallest absolute Gasteiger partial charge is 0.305 e. The molecule has 1 atom stereocenters. The van der Waals surface area contributed by atoms with Gasteiger partial charge in [0.25, 0.3) is 5.91 Å². The van der Waals surface area contributed by atoms with Gasteiger partial charge in [-0.2, -0.15) is 0 Å². The molecule has 1 unspecified atom stereocenters. The van der Waals surface area contributed by atoms with Gasteiger partial charge in [-0.25, -0.2) is 0 Å². The number of nitrogens with zero attached hydrogens (tertiary/aromatic N) is 1. The van der Waals surface area contributed by atoms with E-state index in [9.17, 15) is 19.2 Å². The summed E-state index contributed by atoms with van der Waals surface area (Å²) in [6, 6.07) is 6.84. The van der Waals surface area contributed by atoms with Gasteiger partial charge in [-0.15, -0.1) is 0 Å². The van der Waals surface area contributed by atoms with Gasteiger partial charge in [0.1, 0.15) is 0 Å². The Morgan fingerprint density at radius 1 is 1.25 bits per heavy atom. The van der Waals surface area contributed by atoms with Crippen molar-refractivity contribution < 1.29 is 24.3 Å². The summed E-state index contributed by atoms with van der Waals surface area (Å²) < 4.78 is 0. The maximum Gasteiger partial charge on any atom is 0.305 e. The molecule has 1 aromatic rings. The Labute approximate surface area is 139 Å². The van der Waals surface area contributed by atoms with Gasteiger partial charge >= 0.3 is 5.97 Å². The minimum absolute atomic E-state index is 0.0948. The standard InChI is InChI=1S/C17H20N2O5/c1-2-19(8-7-15(21)22)17(24)12-5-3-11(4-6-12)9-13-10-14(20)18-16(13)23/h3-6,13H,2,7-10H2,1H3,(H,21,22)(H,18,20,23). The van der Waals surface area contributed by atoms with E-state index in [1.54, 1.807) is 31.2 Å². The number of imide groups is 1. The Kier molecular flexibility index (Phi) is 5.68. The molecule has 0 aromatic heterocycles. The first-order valence-electron chi connectivity index (χ1n) is 7.84. The van der Waals surface area contributed by atoms with Gasteiger partial charge in [-0.05, 0) is 31.0 Å². The molecule has 0 bridgehead atoms. The third-order valence-electron chi connectivity index (χ3n) is 4.01. The third-order valence-corrected chi connectivity index (χ3v) is 4.01. The summed E-state index contributed by atoms with van der Waals surface area (Å²) in [5.41, 5.74) is 1.34. The minimum Gasteiger partial charge on any atom is -0.481 e. The van der Waals surface area contributed by atoms with Crippen molar-refractivity contribution in [3.63, 3.8) is 0 Å².